The smallest absolute Gasteiger partial charge is 0.00474 e. The van der Waals surface area contributed by atoms with Crippen LogP contribution in [0, 0.1) is 0 Å². The van der Waals surface area contributed by atoms with Crippen molar-refractivity contribution in [3.05, 3.63) is 0 Å². The van der Waals surface area contributed by atoms with Crippen LogP contribution in [0.5, 0.6) is 0 Å². The molecule has 0 rings (SSSR count). The Balaban J connectivity index is 3.14. The fourth-order valence-electron chi connectivity index (χ4n) is 0.0521. The third-order valence-corrected chi connectivity index (χ3v) is 29.4. The van der Waals surface area contributed by atoms with Gasteiger partial charge in [-0.05, 0) is 26.9 Å². The normalized spacial score (nSPS) is 20.6. The van der Waals surface area contributed by atoms with Crippen LogP contribution in [-0.2, 0) is 0 Å². The lowest BCUT2D eigenvalue weighted by molar-refractivity contribution is 2.50. The Hall–Kier alpha value is 2.68. The van der Waals surface area contributed by atoms with E-state index in [0.29, 0.717) is 0 Å². The van der Waals surface area contributed by atoms with Gasteiger partial charge < -0.3 is 0 Å². The van der Waals surface area contributed by atoms with Gasteiger partial charge in [-0.2, -0.15) is 0 Å². The van der Waals surface area contributed by atoms with Gasteiger partial charge >= 0.3 is 0 Å². The molecule has 0 bridgehead atoms. The third-order valence-electron chi connectivity index (χ3n) is 0.384. The van der Waals surface area contributed by atoms with Crippen LogP contribution in [0.1, 0.15) is 0 Å². The molecule has 6 heteroatoms. The van der Waals surface area contributed by atoms with E-state index < -0.39 is 0 Å². The summed E-state index contributed by atoms with van der Waals surface area (Å²) in [4.78, 5) is 0. The molecule has 0 radical (unpaired) electrons. The van der Waals surface area contributed by atoms with Gasteiger partial charge in [0.05, 0.1) is 0 Å². The minimum Gasteiger partial charge on any atom is -0.101 e. The van der Waals surface area contributed by atoms with E-state index in [0.717, 1.165) is 6.97 Å². The summed E-state index contributed by atoms with van der Waals surface area (Å²) >= 11 is 6.99. The molecule has 0 amide bonds. The largest absolute Gasteiger partial charge is 0.101 e. The van der Waals surface area contributed by atoms with Crippen LogP contribution in [0.15, 0.2) is 0 Å². The molecule has 4 atom stereocenters. The molecule has 0 spiro atoms. The highest BCUT2D eigenvalue weighted by Crippen LogP contribution is 2.87. The van der Waals surface area contributed by atoms with Crippen molar-refractivity contribution in [2.75, 3.05) is 6.66 Å². The molecule has 0 aliphatic rings. The zero-order chi connectivity index (χ0) is 5.86. The Bertz CT molecular complexity index is 47.0. The predicted molar refractivity (Wildman–Crippen MR) is 55.6 cm³/mol. The average molecular weight is 302 g/mol. The van der Waals surface area contributed by atoms with Crippen molar-refractivity contribution in [2.24, 2.45) is 0 Å². The molecule has 0 fully saturated rings. The second kappa shape index (κ2) is 5.46. The molecule has 0 aliphatic heterocycles. The zero-order valence-corrected chi connectivity index (χ0v) is 10.8. The minimum atomic E-state index is 0.144. The van der Waals surface area contributed by atoms with Crippen LogP contribution < -0.4 is 0 Å². The Morgan fingerprint density at radius 1 is 1.71 bits per heavy atom. The molecule has 0 aromatic rings. The number of hydrogen-bond donors (Lipinski definition) is 0. The summed E-state index contributed by atoms with van der Waals surface area (Å²) in [6.07, 6.45) is 0.144. The van der Waals surface area contributed by atoms with Crippen LogP contribution in [0.2, 0.25) is 0 Å². The lowest BCUT2D eigenvalue weighted by Crippen LogP contribution is -1.34. The van der Waals surface area contributed by atoms with E-state index in [9.17, 15) is 0 Å². The quantitative estimate of drug-likeness (QED) is 0.659. The van der Waals surface area contributed by atoms with Crippen molar-refractivity contribution in [2.45, 2.75) is 0 Å². The van der Waals surface area contributed by atoms with E-state index in [1.54, 1.807) is 0 Å². The second-order valence-corrected chi connectivity index (χ2v) is 21.2. The predicted octanol–water partition coefficient (Wildman–Crippen LogP) is 4.50. The molecule has 0 saturated heterocycles. The van der Waals surface area contributed by atoms with E-state index in [1.807, 2.05) is 0 Å². The molecule has 44 valence electrons. The number of rotatable bonds is 2. The number of hydrogen-bond acceptors (Lipinski definition) is 0. The summed E-state index contributed by atoms with van der Waals surface area (Å²) < 4.78 is 0. The fraction of sp³-hybridized carbons (Fsp3) is 1.00. The highest BCUT2D eigenvalue weighted by molar-refractivity contribution is 9.54. The van der Waals surface area contributed by atoms with Gasteiger partial charge in [-0.15, -0.1) is 8.93 Å². The summed E-state index contributed by atoms with van der Waals surface area (Å²) in [6, 6.07) is 0. The van der Waals surface area contributed by atoms with Gasteiger partial charge in [-0.1, -0.05) is 31.0 Å². The third kappa shape index (κ3) is 5.14. The van der Waals surface area contributed by atoms with Gasteiger partial charge in [0.25, 0.3) is 0 Å². The molecule has 0 aromatic carbocycles. The molecule has 0 N–H and O–H groups in total. The maximum atomic E-state index is 3.55. The van der Waals surface area contributed by atoms with Gasteiger partial charge in [0.2, 0.25) is 0 Å². The van der Waals surface area contributed by atoms with Gasteiger partial charge in [0, 0.05) is 0 Å². The summed E-state index contributed by atoms with van der Waals surface area (Å²) in [5, 5.41) is 0. The van der Waals surface area contributed by atoms with E-state index in [1.165, 1.54) is 0 Å². The van der Waals surface area contributed by atoms with Crippen molar-refractivity contribution < 1.29 is 0 Å². The van der Waals surface area contributed by atoms with E-state index >= 15 is 0 Å². The molecule has 0 aliphatic carbocycles. The highest BCUT2D eigenvalue weighted by Gasteiger charge is 2.03. The van der Waals surface area contributed by atoms with Gasteiger partial charge in [0.1, 0.15) is 0 Å². The van der Waals surface area contributed by atoms with E-state index in [4.69, 9.17) is 0 Å². The lowest BCUT2D eigenvalue weighted by Gasteiger charge is -2.08. The van der Waals surface area contributed by atoms with Crippen molar-refractivity contribution in [3.63, 3.8) is 0 Å². The first-order valence-corrected chi connectivity index (χ1v) is 13.1. The Morgan fingerprint density at radius 3 is 2.14 bits per heavy atom. The molecule has 7 heavy (non-hydrogen) atoms. The van der Waals surface area contributed by atoms with E-state index in [2.05, 4.69) is 46.6 Å². The maximum absolute atomic E-state index is 3.55. The summed E-state index contributed by atoms with van der Waals surface area (Å²) in [6.45, 7) is 3.38. The molecule has 0 heterocycles. The van der Waals surface area contributed by atoms with E-state index in [-0.39, 0.29) is 13.3 Å². The van der Waals surface area contributed by atoms with Gasteiger partial charge in [-0.25, -0.2) is 0 Å². The van der Waals surface area contributed by atoms with Crippen LogP contribution in [0.4, 0.5) is 0 Å². The van der Waals surface area contributed by atoms with Gasteiger partial charge in [0.15, 0.2) is 0 Å². The monoisotopic (exact) mass is 300 g/mol. The molecular formula is CH6Br2P4. The molecule has 0 aromatic heterocycles. The molecule has 4 unspecified atom stereocenters. The topological polar surface area (TPSA) is 0 Å². The minimum absolute atomic E-state index is 0.144. The Kier molecular flexibility index (Phi) is 7.56. The van der Waals surface area contributed by atoms with Crippen molar-refractivity contribution >= 4 is 60.2 Å². The molecular weight excluding hydrogens is 296 g/mol. The first kappa shape index (κ1) is 9.68. The van der Waals surface area contributed by atoms with Crippen LogP contribution in [-0.4, -0.2) is 6.66 Å². The maximum Gasteiger partial charge on any atom is -0.00474 e. The van der Waals surface area contributed by atoms with Crippen molar-refractivity contribution in [1.29, 1.82) is 0 Å². The van der Waals surface area contributed by atoms with Crippen molar-refractivity contribution in [3.8, 4) is 0 Å². The summed E-state index contributed by atoms with van der Waals surface area (Å²) in [5.41, 5.74) is 0. The Morgan fingerprint density at radius 2 is 2.14 bits per heavy atom. The summed E-state index contributed by atoms with van der Waals surface area (Å²) in [7, 11) is 2.86. The average Bonchev–Trinajstić information content (AvgIpc) is 1.65. The molecule has 0 nitrogen and oxygen atoms in total. The SMILES string of the molecule is CP(Br)P(P)PBr. The second-order valence-electron chi connectivity index (χ2n) is 0.874. The lowest BCUT2D eigenvalue weighted by atomic mass is 12.0. The van der Waals surface area contributed by atoms with Crippen LogP contribution >= 0.6 is 60.2 Å². The number of halogens is 2. The standard InChI is InChI=1S/CH6Br2P4/c1-6(3)7(4)5-2/h5H,4H2,1H3. The van der Waals surface area contributed by atoms with Gasteiger partial charge in [-0.3, -0.25) is 0 Å². The fourth-order valence-corrected chi connectivity index (χ4v) is 15.7. The molecule has 0 saturated carbocycles. The zero-order valence-electron chi connectivity index (χ0n) is 3.73. The van der Waals surface area contributed by atoms with Crippen LogP contribution in [0.25, 0.3) is 0 Å². The highest BCUT2D eigenvalue weighted by atomic mass is 79.9. The first-order valence-electron chi connectivity index (χ1n) is 1.49. The Labute approximate surface area is 66.6 Å². The first-order chi connectivity index (χ1) is 3.18. The van der Waals surface area contributed by atoms with Crippen LogP contribution in [0.3, 0.4) is 0 Å². The van der Waals surface area contributed by atoms with Crippen molar-refractivity contribution in [1.82, 2.24) is 0 Å². The summed E-state index contributed by atoms with van der Waals surface area (Å²) in [5.74, 6) is 0.